The van der Waals surface area contributed by atoms with Crippen LogP contribution in [0.25, 0.3) is 0 Å². The number of nitrogens with one attached hydrogen (secondary N) is 2. The highest BCUT2D eigenvalue weighted by atomic mass is 79.9. The summed E-state index contributed by atoms with van der Waals surface area (Å²) in [6, 6.07) is 16.6. The summed E-state index contributed by atoms with van der Waals surface area (Å²) in [6.07, 6.45) is 2.33. The fourth-order valence-corrected chi connectivity index (χ4v) is 8.68. The fraction of sp³-hybridized carbons (Fsp3) is 0.273. The van der Waals surface area contributed by atoms with E-state index in [-0.39, 0.29) is 29.5 Å². The van der Waals surface area contributed by atoms with Crippen LogP contribution < -0.4 is 15.5 Å². The minimum Gasteiger partial charge on any atom is -0.508 e. The molecule has 230 valence electrons. The van der Waals surface area contributed by atoms with Gasteiger partial charge in [-0.05, 0) is 72.9 Å². The number of carbonyl (C=O) groups excluding carboxylic acids is 4. The number of rotatable bonds is 5. The molecule has 2 saturated heterocycles. The molecule has 1 saturated carbocycles. The first-order valence-electron chi connectivity index (χ1n) is 14.3. The zero-order chi connectivity index (χ0) is 31.8. The first-order chi connectivity index (χ1) is 21.6. The molecule has 2 aliphatic heterocycles. The number of amides is 4. The normalized spacial score (nSPS) is 28.7. The van der Waals surface area contributed by atoms with Gasteiger partial charge in [-0.2, -0.15) is 5.01 Å². The predicted molar refractivity (Wildman–Crippen MR) is 170 cm³/mol. The second-order valence-electron chi connectivity index (χ2n) is 11.8. The summed E-state index contributed by atoms with van der Waals surface area (Å²) >= 11 is 16.1. The molecule has 3 aromatic rings. The van der Waals surface area contributed by atoms with E-state index >= 15 is 4.79 Å². The zero-order valence-electron chi connectivity index (χ0n) is 23.7. The van der Waals surface area contributed by atoms with E-state index < -0.39 is 52.7 Å². The molecular weight excluding hydrogens is 685 g/mol. The number of halogens is 3. The number of aromatic hydroxyl groups is 1. The van der Waals surface area contributed by atoms with Crippen molar-refractivity contribution in [2.75, 3.05) is 12.5 Å². The molecule has 6 unspecified atom stereocenters. The van der Waals surface area contributed by atoms with Crippen LogP contribution in [-0.2, 0) is 24.6 Å². The van der Waals surface area contributed by atoms with Gasteiger partial charge in [-0.25, -0.2) is 0 Å². The number of allylic oxidation sites excluding steroid dienone is 2. The zero-order valence-corrected chi connectivity index (χ0v) is 26.8. The van der Waals surface area contributed by atoms with E-state index in [1.54, 1.807) is 48.5 Å². The summed E-state index contributed by atoms with van der Waals surface area (Å²) < 4.78 is 6.06. The van der Waals surface area contributed by atoms with Crippen LogP contribution in [-0.4, -0.2) is 40.9 Å². The lowest BCUT2D eigenvalue weighted by atomic mass is 9.49. The van der Waals surface area contributed by atoms with Crippen molar-refractivity contribution in [3.8, 4) is 11.5 Å². The van der Waals surface area contributed by atoms with Gasteiger partial charge in [-0.3, -0.25) is 29.9 Å². The summed E-state index contributed by atoms with van der Waals surface area (Å²) in [4.78, 5) is 55.7. The summed E-state index contributed by atoms with van der Waals surface area (Å²) in [5, 5.41) is 15.4. The topological polar surface area (TPSA) is 125 Å². The van der Waals surface area contributed by atoms with Gasteiger partial charge in [0.15, 0.2) is 0 Å². The van der Waals surface area contributed by atoms with E-state index in [0.29, 0.717) is 32.1 Å². The van der Waals surface area contributed by atoms with Crippen molar-refractivity contribution in [2.24, 2.45) is 23.7 Å². The molecule has 0 spiro atoms. The van der Waals surface area contributed by atoms with Crippen LogP contribution >= 0.6 is 39.1 Å². The number of imide groups is 2. The first kappa shape index (κ1) is 29.8. The fourth-order valence-electron chi connectivity index (χ4n) is 7.86. The minimum absolute atomic E-state index is 0.0714. The number of benzene rings is 3. The maximum Gasteiger partial charge on any atom is 0.260 e. The Morgan fingerprint density at radius 3 is 2.47 bits per heavy atom. The van der Waals surface area contributed by atoms with Crippen LogP contribution in [0.3, 0.4) is 0 Å². The standard InChI is InChI=1S/C33H26BrCl2N3O6/c1-45-18-6-2-15(3-7-18)33-23(31(43)39(32(33)44)38-25-10-5-17(35)13-24(25)36)14-21-19(8-9-20-27(21)30(42)37-29(20)41)28(33)22-12-16(34)4-11-26(22)40/h2-8,10-13,20-21,23,27-28,38,40H,9,14H2,1H3,(H,37,41,42). The van der Waals surface area contributed by atoms with Crippen molar-refractivity contribution < 1.29 is 29.0 Å². The lowest BCUT2D eigenvalue weighted by molar-refractivity contribution is -0.138. The number of nitrogens with zero attached hydrogens (tertiary/aromatic N) is 1. The van der Waals surface area contributed by atoms with Gasteiger partial charge in [0, 0.05) is 21.0 Å². The highest BCUT2D eigenvalue weighted by Crippen LogP contribution is 2.64. The number of methoxy groups -OCH3 is 1. The van der Waals surface area contributed by atoms with Crippen molar-refractivity contribution in [2.45, 2.75) is 24.2 Å². The van der Waals surface area contributed by atoms with Crippen LogP contribution in [0.15, 0.2) is 76.8 Å². The Balaban J connectivity index is 1.49. The number of hydrazine groups is 1. The van der Waals surface area contributed by atoms with E-state index in [9.17, 15) is 19.5 Å². The molecule has 4 aliphatic rings. The number of fused-ring (bicyclic) bond motifs is 4. The van der Waals surface area contributed by atoms with Crippen molar-refractivity contribution in [3.05, 3.63) is 98.0 Å². The molecule has 12 heteroatoms. The van der Waals surface area contributed by atoms with Gasteiger partial charge in [0.25, 0.3) is 11.8 Å². The number of ether oxygens (including phenoxy) is 1. The molecule has 3 aromatic carbocycles. The van der Waals surface area contributed by atoms with Crippen LogP contribution in [0.4, 0.5) is 5.69 Å². The smallest absolute Gasteiger partial charge is 0.260 e. The van der Waals surface area contributed by atoms with Crippen molar-refractivity contribution in [1.29, 1.82) is 0 Å². The molecule has 0 radical (unpaired) electrons. The third kappa shape index (κ3) is 4.40. The second-order valence-corrected chi connectivity index (χ2v) is 13.5. The minimum atomic E-state index is -1.55. The predicted octanol–water partition coefficient (Wildman–Crippen LogP) is 5.74. The maximum absolute atomic E-state index is 15.1. The summed E-state index contributed by atoms with van der Waals surface area (Å²) in [5.41, 5.74) is 3.37. The Morgan fingerprint density at radius 2 is 1.76 bits per heavy atom. The van der Waals surface area contributed by atoms with Crippen molar-refractivity contribution in [1.82, 2.24) is 10.3 Å². The molecule has 0 aromatic heterocycles. The first-order valence-corrected chi connectivity index (χ1v) is 15.9. The van der Waals surface area contributed by atoms with E-state index in [1.165, 1.54) is 19.2 Å². The Morgan fingerprint density at radius 1 is 1.00 bits per heavy atom. The molecule has 0 bridgehead atoms. The van der Waals surface area contributed by atoms with Gasteiger partial charge in [-0.15, -0.1) is 0 Å². The molecule has 3 N–H and O–H groups in total. The largest absolute Gasteiger partial charge is 0.508 e. The Bertz CT molecular complexity index is 1830. The Kier molecular flexibility index (Phi) is 7.22. The van der Waals surface area contributed by atoms with Crippen LogP contribution in [0.1, 0.15) is 29.9 Å². The van der Waals surface area contributed by atoms with Crippen molar-refractivity contribution >= 4 is 68.4 Å². The lowest BCUT2D eigenvalue weighted by Crippen LogP contribution is -2.53. The third-order valence-corrected chi connectivity index (χ3v) is 10.8. The summed E-state index contributed by atoms with van der Waals surface area (Å²) in [5.74, 6) is -5.00. The van der Waals surface area contributed by atoms with Gasteiger partial charge in [0.2, 0.25) is 11.8 Å². The number of carbonyl (C=O) groups is 4. The maximum atomic E-state index is 15.1. The summed E-state index contributed by atoms with van der Waals surface area (Å²) in [7, 11) is 1.53. The van der Waals surface area contributed by atoms with Gasteiger partial charge in [0.05, 0.1) is 41.0 Å². The quantitative estimate of drug-likeness (QED) is 0.228. The molecule has 3 fully saturated rings. The molecule has 9 nitrogen and oxygen atoms in total. The van der Waals surface area contributed by atoms with Gasteiger partial charge >= 0.3 is 0 Å². The molecule has 6 atom stereocenters. The Hall–Kier alpha value is -3.86. The average molecular weight is 711 g/mol. The third-order valence-electron chi connectivity index (χ3n) is 9.72. The SMILES string of the molecule is COc1ccc(C23C(=O)N(Nc4ccc(Cl)cc4Cl)C(=O)C2CC2C(=CCC4C(=O)NC(=O)C42)C3c2cc(Br)ccc2O)cc1. The van der Waals surface area contributed by atoms with Crippen molar-refractivity contribution in [3.63, 3.8) is 0 Å². The molecule has 2 heterocycles. The monoisotopic (exact) mass is 709 g/mol. The molecule has 2 aliphatic carbocycles. The molecular formula is C33H26BrCl2N3O6. The average Bonchev–Trinajstić information content (AvgIpc) is 3.43. The van der Waals surface area contributed by atoms with E-state index in [0.717, 1.165) is 10.6 Å². The van der Waals surface area contributed by atoms with Crippen LogP contribution in [0, 0.1) is 23.7 Å². The van der Waals surface area contributed by atoms with Gasteiger partial charge in [-0.1, -0.05) is 62.9 Å². The van der Waals surface area contributed by atoms with E-state index in [2.05, 4.69) is 26.7 Å². The van der Waals surface area contributed by atoms with Crippen LogP contribution in [0.2, 0.25) is 10.0 Å². The van der Waals surface area contributed by atoms with Gasteiger partial charge in [0.1, 0.15) is 11.5 Å². The number of hydrogen-bond donors (Lipinski definition) is 3. The molecule has 4 amide bonds. The number of anilines is 1. The number of phenols is 1. The number of hydrogen-bond acceptors (Lipinski definition) is 7. The van der Waals surface area contributed by atoms with E-state index in [4.69, 9.17) is 27.9 Å². The molecule has 7 rings (SSSR count). The Labute approximate surface area is 276 Å². The highest BCUT2D eigenvalue weighted by molar-refractivity contribution is 9.10. The summed E-state index contributed by atoms with van der Waals surface area (Å²) in [6.45, 7) is 0. The second kappa shape index (κ2) is 10.9. The molecule has 45 heavy (non-hydrogen) atoms. The lowest BCUT2D eigenvalue weighted by Gasteiger charge is -2.50. The van der Waals surface area contributed by atoms with Gasteiger partial charge < -0.3 is 9.84 Å². The highest BCUT2D eigenvalue weighted by Gasteiger charge is 2.70. The van der Waals surface area contributed by atoms with E-state index in [1.807, 2.05) is 6.08 Å². The number of phenolic OH excluding ortho intramolecular Hbond substituents is 1. The van der Waals surface area contributed by atoms with Crippen LogP contribution in [0.5, 0.6) is 11.5 Å².